The van der Waals surface area contributed by atoms with E-state index in [1.165, 1.54) is 0 Å². The van der Waals surface area contributed by atoms with Crippen molar-refractivity contribution in [2.45, 2.75) is 6.54 Å². The molecule has 26 heavy (non-hydrogen) atoms. The first-order chi connectivity index (χ1) is 12.7. The molecule has 0 aliphatic carbocycles. The second-order valence-corrected chi connectivity index (χ2v) is 6.61. The first-order valence-electron chi connectivity index (χ1n) is 8.85. The highest BCUT2D eigenvalue weighted by Crippen LogP contribution is 2.25. The van der Waals surface area contributed by atoms with Gasteiger partial charge >= 0.3 is 0 Å². The molecular weight excluding hydrogens is 328 g/mol. The first kappa shape index (κ1) is 16.6. The summed E-state index contributed by atoms with van der Waals surface area (Å²) in [5.74, 6) is 1.21. The molecule has 2 aromatic heterocycles. The number of nitrogens with one attached hydrogen (secondary N) is 1. The van der Waals surface area contributed by atoms with Crippen LogP contribution in [-0.2, 0) is 6.54 Å². The van der Waals surface area contributed by atoms with Gasteiger partial charge in [0.15, 0.2) is 22.7 Å². The summed E-state index contributed by atoms with van der Waals surface area (Å²) in [6.45, 7) is 4.22. The van der Waals surface area contributed by atoms with E-state index in [1.54, 1.807) is 18.3 Å². The number of nitrogens with zero attached hydrogens (tertiary/aromatic N) is 3. The summed E-state index contributed by atoms with van der Waals surface area (Å²) in [6, 6.07) is 13.4. The second kappa shape index (κ2) is 7.17. The molecule has 0 spiro atoms. The molecular formula is C20H22N4O2. The Labute approximate surface area is 152 Å². The van der Waals surface area contributed by atoms with Crippen molar-refractivity contribution in [3.05, 3.63) is 64.4 Å². The number of aromatic nitrogens is 1. The number of likely N-dealkylation sites (N-methyl/N-ethyl adjacent to an activating group) is 1. The van der Waals surface area contributed by atoms with Crippen molar-refractivity contribution in [2.24, 2.45) is 0 Å². The van der Waals surface area contributed by atoms with E-state index in [9.17, 15) is 4.79 Å². The van der Waals surface area contributed by atoms with Gasteiger partial charge in [-0.05, 0) is 18.7 Å². The summed E-state index contributed by atoms with van der Waals surface area (Å²) in [5.41, 5.74) is 1.62. The van der Waals surface area contributed by atoms with Crippen LogP contribution < -0.4 is 15.6 Å². The summed E-state index contributed by atoms with van der Waals surface area (Å²) in [4.78, 5) is 21.4. The Kier molecular flexibility index (Phi) is 4.58. The minimum Gasteiger partial charge on any atom is -0.436 e. The van der Waals surface area contributed by atoms with Crippen LogP contribution in [0.1, 0.15) is 5.56 Å². The number of anilines is 2. The summed E-state index contributed by atoms with van der Waals surface area (Å²) >= 11 is 0. The molecule has 0 amide bonds. The van der Waals surface area contributed by atoms with Gasteiger partial charge in [0.2, 0.25) is 0 Å². The Morgan fingerprint density at radius 2 is 1.88 bits per heavy atom. The molecule has 1 N–H and O–H groups in total. The number of rotatable bonds is 4. The third-order valence-electron chi connectivity index (χ3n) is 4.75. The summed E-state index contributed by atoms with van der Waals surface area (Å²) in [6.07, 6.45) is 1.64. The van der Waals surface area contributed by atoms with Gasteiger partial charge in [0.05, 0.1) is 5.39 Å². The first-order valence-corrected chi connectivity index (χ1v) is 8.85. The van der Waals surface area contributed by atoms with Gasteiger partial charge in [0, 0.05) is 45.0 Å². The van der Waals surface area contributed by atoms with Crippen molar-refractivity contribution in [1.29, 1.82) is 0 Å². The van der Waals surface area contributed by atoms with Crippen LogP contribution in [0, 0.1) is 0 Å². The van der Waals surface area contributed by atoms with Crippen LogP contribution in [-0.4, -0.2) is 43.1 Å². The molecule has 0 bridgehead atoms. The second-order valence-electron chi connectivity index (χ2n) is 6.61. The molecule has 0 atom stereocenters. The standard InChI is InChI=1S/C20H22N4O2/c1-23-9-11-24(12-10-23)18-13-17(25)16-7-8-21-20(19(16)26-18)22-14-15-5-3-2-4-6-15/h2-8,13H,9-12,14H2,1H3,(H,21,22). The van der Waals surface area contributed by atoms with Crippen molar-refractivity contribution in [1.82, 2.24) is 9.88 Å². The van der Waals surface area contributed by atoms with Gasteiger partial charge in [-0.15, -0.1) is 0 Å². The predicted octanol–water partition coefficient (Wildman–Crippen LogP) is 2.55. The van der Waals surface area contributed by atoms with Crippen LogP contribution >= 0.6 is 0 Å². The van der Waals surface area contributed by atoms with Crippen molar-refractivity contribution in [3.8, 4) is 0 Å². The van der Waals surface area contributed by atoms with Crippen molar-refractivity contribution < 1.29 is 4.42 Å². The molecule has 6 nitrogen and oxygen atoms in total. The highest BCUT2D eigenvalue weighted by molar-refractivity contribution is 5.86. The normalized spacial score (nSPS) is 15.3. The van der Waals surface area contributed by atoms with Crippen LogP contribution in [0.4, 0.5) is 11.7 Å². The Morgan fingerprint density at radius 1 is 1.12 bits per heavy atom. The van der Waals surface area contributed by atoms with Gasteiger partial charge in [0.1, 0.15) is 0 Å². The summed E-state index contributed by atoms with van der Waals surface area (Å²) in [5, 5.41) is 3.85. The quantitative estimate of drug-likeness (QED) is 0.780. The molecule has 1 aliphatic rings. The molecule has 3 aromatic rings. The highest BCUT2D eigenvalue weighted by atomic mass is 16.4. The van der Waals surface area contributed by atoms with Crippen LogP contribution in [0.2, 0.25) is 0 Å². The van der Waals surface area contributed by atoms with E-state index in [4.69, 9.17) is 4.42 Å². The molecule has 1 aromatic carbocycles. The smallest absolute Gasteiger partial charge is 0.200 e. The molecule has 4 rings (SSSR count). The Hall–Kier alpha value is -2.86. The van der Waals surface area contributed by atoms with Crippen molar-refractivity contribution in [3.63, 3.8) is 0 Å². The third kappa shape index (κ3) is 3.41. The zero-order valence-electron chi connectivity index (χ0n) is 14.8. The van der Waals surface area contributed by atoms with E-state index in [0.29, 0.717) is 29.2 Å². The number of piperazine rings is 1. The SMILES string of the molecule is CN1CCN(c2cc(=O)c3ccnc(NCc4ccccc4)c3o2)CC1. The number of benzene rings is 1. The maximum absolute atomic E-state index is 12.6. The fourth-order valence-corrected chi connectivity index (χ4v) is 3.16. The van der Waals surface area contributed by atoms with E-state index < -0.39 is 0 Å². The summed E-state index contributed by atoms with van der Waals surface area (Å²) in [7, 11) is 2.10. The minimum absolute atomic E-state index is 0.0367. The topological polar surface area (TPSA) is 61.6 Å². The highest BCUT2D eigenvalue weighted by Gasteiger charge is 2.18. The fraction of sp³-hybridized carbons (Fsp3) is 0.300. The van der Waals surface area contributed by atoms with Gasteiger partial charge < -0.3 is 19.5 Å². The Bertz CT molecular complexity index is 947. The lowest BCUT2D eigenvalue weighted by molar-refractivity contribution is 0.306. The lowest BCUT2D eigenvalue weighted by atomic mass is 10.2. The van der Waals surface area contributed by atoms with E-state index in [1.807, 2.05) is 30.3 Å². The lowest BCUT2D eigenvalue weighted by Gasteiger charge is -2.32. The van der Waals surface area contributed by atoms with E-state index in [0.717, 1.165) is 31.7 Å². The largest absolute Gasteiger partial charge is 0.436 e. The van der Waals surface area contributed by atoms with Crippen molar-refractivity contribution >= 4 is 22.7 Å². The number of fused-ring (bicyclic) bond motifs is 1. The summed E-state index contributed by atoms with van der Waals surface area (Å²) < 4.78 is 6.12. The average Bonchev–Trinajstić information content (AvgIpc) is 2.68. The Balaban J connectivity index is 1.66. The fourth-order valence-electron chi connectivity index (χ4n) is 3.16. The van der Waals surface area contributed by atoms with Gasteiger partial charge in [-0.25, -0.2) is 4.98 Å². The van der Waals surface area contributed by atoms with Crippen LogP contribution in [0.5, 0.6) is 0 Å². The van der Waals surface area contributed by atoms with Crippen LogP contribution in [0.15, 0.2) is 57.9 Å². The monoisotopic (exact) mass is 350 g/mol. The molecule has 3 heterocycles. The molecule has 0 saturated carbocycles. The predicted molar refractivity (Wildman–Crippen MR) is 104 cm³/mol. The maximum atomic E-state index is 12.6. The molecule has 1 aliphatic heterocycles. The van der Waals surface area contributed by atoms with Crippen molar-refractivity contribution in [2.75, 3.05) is 43.4 Å². The maximum Gasteiger partial charge on any atom is 0.200 e. The number of hydrogen-bond donors (Lipinski definition) is 1. The van der Waals surface area contributed by atoms with Gasteiger partial charge in [-0.1, -0.05) is 30.3 Å². The van der Waals surface area contributed by atoms with Gasteiger partial charge in [-0.3, -0.25) is 4.79 Å². The molecule has 1 saturated heterocycles. The lowest BCUT2D eigenvalue weighted by Crippen LogP contribution is -2.44. The average molecular weight is 350 g/mol. The minimum atomic E-state index is -0.0367. The van der Waals surface area contributed by atoms with E-state index in [2.05, 4.69) is 27.1 Å². The molecule has 134 valence electrons. The molecule has 6 heteroatoms. The van der Waals surface area contributed by atoms with Crippen LogP contribution in [0.25, 0.3) is 11.0 Å². The third-order valence-corrected chi connectivity index (χ3v) is 4.75. The molecule has 0 radical (unpaired) electrons. The van der Waals surface area contributed by atoms with Crippen LogP contribution in [0.3, 0.4) is 0 Å². The molecule has 0 unspecified atom stereocenters. The van der Waals surface area contributed by atoms with Gasteiger partial charge in [-0.2, -0.15) is 0 Å². The zero-order valence-corrected chi connectivity index (χ0v) is 14.8. The van der Waals surface area contributed by atoms with E-state index >= 15 is 0 Å². The Morgan fingerprint density at radius 3 is 2.65 bits per heavy atom. The number of hydrogen-bond acceptors (Lipinski definition) is 6. The van der Waals surface area contributed by atoms with E-state index in [-0.39, 0.29) is 5.43 Å². The van der Waals surface area contributed by atoms with Gasteiger partial charge in [0.25, 0.3) is 0 Å². The number of pyridine rings is 1. The zero-order chi connectivity index (χ0) is 17.9. The molecule has 1 fully saturated rings.